The van der Waals surface area contributed by atoms with Crippen LogP contribution in [0.3, 0.4) is 0 Å². The summed E-state index contributed by atoms with van der Waals surface area (Å²) in [4.78, 5) is 31.8. The van der Waals surface area contributed by atoms with E-state index in [1.807, 2.05) is 32.0 Å². The van der Waals surface area contributed by atoms with Crippen molar-refractivity contribution in [2.45, 2.75) is 39.8 Å². The topological polar surface area (TPSA) is 43.9 Å². The van der Waals surface area contributed by atoms with Crippen LogP contribution in [0.5, 0.6) is 0 Å². The molecule has 5 nitrogen and oxygen atoms in total. The Balaban J connectivity index is 1.40. The molecule has 0 N–H and O–H groups in total. The summed E-state index contributed by atoms with van der Waals surface area (Å²) in [7, 11) is 0. The van der Waals surface area contributed by atoms with Crippen molar-refractivity contribution >= 4 is 17.5 Å². The van der Waals surface area contributed by atoms with E-state index < -0.39 is 0 Å². The molecule has 0 spiro atoms. The fraction of sp³-hybridized carbons (Fsp3) is 0.417. The molecule has 0 aliphatic carbocycles. The van der Waals surface area contributed by atoms with Crippen molar-refractivity contribution in [2.24, 2.45) is 0 Å². The van der Waals surface area contributed by atoms with E-state index in [1.54, 1.807) is 0 Å². The Morgan fingerprint density at radius 1 is 0.897 bits per heavy atom. The molecule has 2 aromatic rings. The van der Waals surface area contributed by atoms with Crippen LogP contribution in [0.2, 0.25) is 0 Å². The molecule has 0 aromatic heterocycles. The highest BCUT2D eigenvalue weighted by molar-refractivity contribution is 6.22. The number of hydrogen-bond acceptors (Lipinski definition) is 4. The van der Waals surface area contributed by atoms with Gasteiger partial charge in [-0.15, -0.1) is 0 Å². The molecule has 2 aromatic carbocycles. The molecule has 2 aliphatic rings. The van der Waals surface area contributed by atoms with Crippen LogP contribution in [-0.4, -0.2) is 53.8 Å². The summed E-state index contributed by atoms with van der Waals surface area (Å²) < 4.78 is 0. The number of nitrogens with zero attached hydrogens (tertiary/aromatic N) is 3. The molecule has 1 atom stereocenters. The van der Waals surface area contributed by atoms with E-state index in [0.29, 0.717) is 0 Å². The van der Waals surface area contributed by atoms with Crippen LogP contribution < -0.4 is 4.90 Å². The lowest BCUT2D eigenvalue weighted by Gasteiger charge is -2.37. The highest BCUT2D eigenvalue weighted by atomic mass is 16.2. The van der Waals surface area contributed by atoms with E-state index in [-0.39, 0.29) is 24.3 Å². The second-order valence-corrected chi connectivity index (χ2v) is 8.38. The smallest absolute Gasteiger partial charge is 0.251 e. The van der Waals surface area contributed by atoms with Gasteiger partial charge in [-0.3, -0.25) is 19.4 Å². The quantitative estimate of drug-likeness (QED) is 0.752. The lowest BCUT2D eigenvalue weighted by molar-refractivity contribution is -0.123. The Labute approximate surface area is 172 Å². The van der Waals surface area contributed by atoms with Crippen molar-refractivity contribution in [3.63, 3.8) is 0 Å². The van der Waals surface area contributed by atoms with Crippen molar-refractivity contribution < 1.29 is 9.59 Å². The molecule has 152 valence electrons. The van der Waals surface area contributed by atoms with E-state index in [4.69, 9.17) is 0 Å². The van der Waals surface area contributed by atoms with Crippen LogP contribution in [0.15, 0.2) is 42.5 Å². The maximum atomic E-state index is 13.1. The largest absolute Gasteiger partial charge is 0.297 e. The number of rotatable bonds is 4. The fourth-order valence-corrected chi connectivity index (χ4v) is 4.51. The zero-order valence-corrected chi connectivity index (χ0v) is 17.5. The van der Waals surface area contributed by atoms with E-state index in [2.05, 4.69) is 41.0 Å². The van der Waals surface area contributed by atoms with Gasteiger partial charge in [-0.1, -0.05) is 47.5 Å². The molecular formula is C24H29N3O2. The number of carbonyl (C=O) groups is 2. The third-order valence-electron chi connectivity index (χ3n) is 6.05. The van der Waals surface area contributed by atoms with Crippen LogP contribution in [0.25, 0.3) is 0 Å². The maximum absolute atomic E-state index is 13.1. The SMILES string of the molecule is Cc1cccc(CN2CCN([C@@H]3CC(=O)N(c4ccc(C)cc4C)C3=O)CC2)c1. The molecule has 2 fully saturated rings. The third kappa shape index (κ3) is 4.11. The second kappa shape index (κ2) is 8.09. The molecule has 0 saturated carbocycles. The van der Waals surface area contributed by atoms with Crippen molar-refractivity contribution in [3.05, 3.63) is 64.7 Å². The normalized spacial score (nSPS) is 21.2. The second-order valence-electron chi connectivity index (χ2n) is 8.38. The van der Waals surface area contributed by atoms with Gasteiger partial charge in [0.1, 0.15) is 0 Å². The summed E-state index contributed by atoms with van der Waals surface area (Å²) in [6.07, 6.45) is 0.282. The maximum Gasteiger partial charge on any atom is 0.251 e. The lowest BCUT2D eigenvalue weighted by atomic mass is 10.1. The van der Waals surface area contributed by atoms with Crippen molar-refractivity contribution in [1.29, 1.82) is 0 Å². The summed E-state index contributed by atoms with van der Waals surface area (Å²) in [5, 5.41) is 0. The highest BCUT2D eigenvalue weighted by Crippen LogP contribution is 2.29. The minimum atomic E-state index is -0.329. The van der Waals surface area contributed by atoms with Crippen LogP contribution >= 0.6 is 0 Å². The van der Waals surface area contributed by atoms with Crippen molar-refractivity contribution in [3.8, 4) is 0 Å². The van der Waals surface area contributed by atoms with Crippen LogP contribution in [0.1, 0.15) is 28.7 Å². The van der Waals surface area contributed by atoms with Gasteiger partial charge in [-0.25, -0.2) is 4.90 Å². The number of hydrogen-bond donors (Lipinski definition) is 0. The Hall–Kier alpha value is -2.50. The first-order valence-electron chi connectivity index (χ1n) is 10.4. The van der Waals surface area contributed by atoms with E-state index in [0.717, 1.165) is 49.5 Å². The predicted molar refractivity (Wildman–Crippen MR) is 115 cm³/mol. The monoisotopic (exact) mass is 391 g/mol. The van der Waals surface area contributed by atoms with Gasteiger partial charge < -0.3 is 0 Å². The van der Waals surface area contributed by atoms with Crippen molar-refractivity contribution in [2.75, 3.05) is 31.1 Å². The number of piperazine rings is 1. The van der Waals surface area contributed by atoms with E-state index in [9.17, 15) is 9.59 Å². The zero-order valence-electron chi connectivity index (χ0n) is 17.5. The van der Waals surface area contributed by atoms with Gasteiger partial charge in [0.25, 0.3) is 5.91 Å². The van der Waals surface area contributed by atoms with Gasteiger partial charge in [-0.05, 0) is 38.0 Å². The summed E-state index contributed by atoms with van der Waals surface area (Å²) in [5.74, 6) is -0.164. The first-order valence-corrected chi connectivity index (χ1v) is 10.4. The number of benzene rings is 2. The van der Waals surface area contributed by atoms with Crippen LogP contribution in [0, 0.1) is 20.8 Å². The lowest BCUT2D eigenvalue weighted by Crippen LogP contribution is -2.52. The summed E-state index contributed by atoms with van der Waals surface area (Å²) >= 11 is 0. The van der Waals surface area contributed by atoms with E-state index >= 15 is 0 Å². The molecule has 2 aliphatic heterocycles. The number of amides is 2. The van der Waals surface area contributed by atoms with Gasteiger partial charge >= 0.3 is 0 Å². The van der Waals surface area contributed by atoms with Gasteiger partial charge in [0, 0.05) is 32.7 Å². The Morgan fingerprint density at radius 2 is 1.62 bits per heavy atom. The molecule has 29 heavy (non-hydrogen) atoms. The Kier molecular flexibility index (Phi) is 5.52. The number of imide groups is 1. The summed E-state index contributed by atoms with van der Waals surface area (Å²) in [6.45, 7) is 10.5. The minimum Gasteiger partial charge on any atom is -0.297 e. The third-order valence-corrected chi connectivity index (χ3v) is 6.05. The standard InChI is InChI=1S/C24H29N3O2/c1-17-5-4-6-20(14-17)16-25-9-11-26(12-10-25)22-15-23(28)27(24(22)29)21-8-7-18(2)13-19(21)3/h4-8,13-14,22H,9-12,15-16H2,1-3H3/t22-/m1/s1. The first-order chi connectivity index (χ1) is 13.9. The Morgan fingerprint density at radius 3 is 2.31 bits per heavy atom. The molecule has 2 amide bonds. The molecule has 0 radical (unpaired) electrons. The van der Waals surface area contributed by atoms with E-state index in [1.165, 1.54) is 16.0 Å². The summed E-state index contributed by atoms with van der Waals surface area (Å²) in [5.41, 5.74) is 5.43. The van der Waals surface area contributed by atoms with Gasteiger partial charge in [-0.2, -0.15) is 0 Å². The highest BCUT2D eigenvalue weighted by Gasteiger charge is 2.43. The van der Waals surface area contributed by atoms with Gasteiger partial charge in [0.15, 0.2) is 0 Å². The van der Waals surface area contributed by atoms with Crippen LogP contribution in [0.4, 0.5) is 5.69 Å². The molecule has 4 rings (SSSR count). The molecule has 0 unspecified atom stereocenters. The Bertz CT molecular complexity index is 931. The predicted octanol–water partition coefficient (Wildman–Crippen LogP) is 3.06. The number of carbonyl (C=O) groups excluding carboxylic acids is 2. The average Bonchev–Trinajstić information content (AvgIpc) is 2.97. The molecule has 2 saturated heterocycles. The first kappa shape index (κ1) is 19.8. The van der Waals surface area contributed by atoms with Gasteiger partial charge in [0.2, 0.25) is 5.91 Å². The average molecular weight is 392 g/mol. The van der Waals surface area contributed by atoms with Crippen molar-refractivity contribution in [1.82, 2.24) is 9.80 Å². The minimum absolute atomic E-state index is 0.0749. The summed E-state index contributed by atoms with van der Waals surface area (Å²) in [6, 6.07) is 14.2. The number of aryl methyl sites for hydroxylation is 3. The number of anilines is 1. The van der Waals surface area contributed by atoms with Gasteiger partial charge in [0.05, 0.1) is 18.2 Å². The fourth-order valence-electron chi connectivity index (χ4n) is 4.51. The molecule has 2 heterocycles. The molecule has 5 heteroatoms. The zero-order chi connectivity index (χ0) is 20.5. The molecule has 0 bridgehead atoms. The van der Waals surface area contributed by atoms with Crippen LogP contribution in [-0.2, 0) is 16.1 Å². The molecular weight excluding hydrogens is 362 g/mol.